The molecule has 0 spiro atoms. The van der Waals surface area contributed by atoms with Gasteiger partial charge in [0.05, 0.1) is 16.0 Å². The lowest BCUT2D eigenvalue weighted by atomic mass is 9.93. The number of hydrogen-bond donors (Lipinski definition) is 2. The van der Waals surface area contributed by atoms with Crippen molar-refractivity contribution in [1.82, 2.24) is 0 Å². The minimum Gasteiger partial charge on any atom is -0.507 e. The van der Waals surface area contributed by atoms with Gasteiger partial charge in [-0.25, -0.2) is 4.39 Å². The number of carbonyl (C=O) groups excluding carboxylic acids is 1. The maximum absolute atomic E-state index is 14.7. The Hall–Kier alpha value is -3.52. The molecule has 3 aromatic carbocycles. The van der Waals surface area contributed by atoms with Crippen LogP contribution < -0.4 is 10.2 Å². The maximum atomic E-state index is 14.7. The molecule has 3 atom stereocenters. The number of phenolic OH excluding ortho intramolecular Hbond substituents is 1. The van der Waals surface area contributed by atoms with Gasteiger partial charge in [-0.1, -0.05) is 30.3 Å². The molecule has 4 rings (SSSR count). The number of hydrogen-bond acceptors (Lipinski definition) is 3. The second-order valence-corrected chi connectivity index (χ2v) is 11.8. The summed E-state index contributed by atoms with van der Waals surface area (Å²) < 4.78 is 55.6. The van der Waals surface area contributed by atoms with E-state index in [9.17, 15) is 27.5 Å². The summed E-state index contributed by atoms with van der Waals surface area (Å²) in [5, 5.41) is 13.5. The van der Waals surface area contributed by atoms with Gasteiger partial charge in [0.2, 0.25) is 0 Å². The first-order valence-electron chi connectivity index (χ1n) is 12.7. The molecule has 1 saturated carbocycles. The zero-order chi connectivity index (χ0) is 29.8. The lowest BCUT2D eigenvalue weighted by Gasteiger charge is -2.19. The molecule has 3 unspecified atom stereocenters. The Morgan fingerprint density at radius 2 is 1.62 bits per heavy atom. The summed E-state index contributed by atoms with van der Waals surface area (Å²) in [7, 11) is 1.60. The number of benzene rings is 3. The van der Waals surface area contributed by atoms with Crippen molar-refractivity contribution < 1.29 is 27.5 Å². The number of rotatable bonds is 7. The fourth-order valence-corrected chi connectivity index (χ4v) is 5.44. The van der Waals surface area contributed by atoms with E-state index in [2.05, 4.69) is 11.9 Å². The fourth-order valence-electron chi connectivity index (χ4n) is 5.00. The van der Waals surface area contributed by atoms with Gasteiger partial charge in [-0.05, 0) is 81.3 Å². The van der Waals surface area contributed by atoms with Crippen LogP contribution in [0.4, 0.5) is 28.9 Å². The topological polar surface area (TPSA) is 52.6 Å². The van der Waals surface area contributed by atoms with Crippen LogP contribution in [-0.4, -0.2) is 22.9 Å². The van der Waals surface area contributed by atoms with E-state index in [1.54, 1.807) is 32.2 Å². The molecular weight excluding hydrogens is 544 g/mol. The van der Waals surface area contributed by atoms with Crippen molar-refractivity contribution in [3.05, 3.63) is 101 Å². The Bertz CT molecular complexity index is 1430. The van der Waals surface area contributed by atoms with E-state index in [0.29, 0.717) is 17.1 Å². The molecule has 1 aliphatic carbocycles. The van der Waals surface area contributed by atoms with Crippen LogP contribution in [0.3, 0.4) is 0 Å². The summed E-state index contributed by atoms with van der Waals surface area (Å²) in [4.78, 5) is 13.6. The van der Waals surface area contributed by atoms with Gasteiger partial charge < -0.3 is 15.3 Å². The van der Waals surface area contributed by atoms with Gasteiger partial charge in [0.1, 0.15) is 11.4 Å². The van der Waals surface area contributed by atoms with Crippen molar-refractivity contribution >= 4 is 28.9 Å². The SMILES string of the molecule is C=C(Nc1ccc(O)c(C(=O)N(C)c2ccc(C)cc2)c1)C1C(c2cc(C(C)(C)F)cc(C(F)(F)F)c2)C1(C)Cl. The highest BCUT2D eigenvalue weighted by Crippen LogP contribution is 2.65. The van der Waals surface area contributed by atoms with E-state index in [1.807, 2.05) is 19.1 Å². The molecule has 1 aliphatic rings. The highest BCUT2D eigenvalue weighted by Gasteiger charge is 2.62. The van der Waals surface area contributed by atoms with Crippen molar-refractivity contribution in [2.75, 3.05) is 17.3 Å². The largest absolute Gasteiger partial charge is 0.507 e. The van der Waals surface area contributed by atoms with Gasteiger partial charge in [-0.3, -0.25) is 4.79 Å². The molecule has 212 valence electrons. The first kappa shape index (κ1) is 29.5. The van der Waals surface area contributed by atoms with Crippen molar-refractivity contribution in [3.63, 3.8) is 0 Å². The number of aromatic hydroxyl groups is 1. The summed E-state index contributed by atoms with van der Waals surface area (Å²) in [6, 6.07) is 15.0. The molecule has 4 nitrogen and oxygen atoms in total. The first-order chi connectivity index (χ1) is 18.4. The molecule has 0 heterocycles. The number of carbonyl (C=O) groups is 1. The van der Waals surface area contributed by atoms with Crippen molar-refractivity contribution in [2.24, 2.45) is 5.92 Å². The van der Waals surface area contributed by atoms with E-state index >= 15 is 0 Å². The number of amides is 1. The third-order valence-corrected chi connectivity index (χ3v) is 7.87. The number of anilines is 2. The van der Waals surface area contributed by atoms with E-state index < -0.39 is 40.0 Å². The molecule has 9 heteroatoms. The molecule has 0 aliphatic heterocycles. The molecule has 40 heavy (non-hydrogen) atoms. The normalized spacial score (nSPS) is 20.6. The number of phenols is 1. The fraction of sp³-hybridized carbons (Fsp3) is 0.323. The highest BCUT2D eigenvalue weighted by atomic mass is 35.5. The molecule has 1 fully saturated rings. The minimum absolute atomic E-state index is 0.0505. The van der Waals surface area contributed by atoms with E-state index in [4.69, 9.17) is 11.6 Å². The Labute approximate surface area is 236 Å². The van der Waals surface area contributed by atoms with Gasteiger partial charge >= 0.3 is 6.18 Å². The molecule has 0 aromatic heterocycles. The highest BCUT2D eigenvalue weighted by molar-refractivity contribution is 6.27. The number of nitrogens with one attached hydrogen (secondary N) is 1. The lowest BCUT2D eigenvalue weighted by Crippen LogP contribution is -2.26. The van der Waals surface area contributed by atoms with Gasteiger partial charge in [0.15, 0.2) is 0 Å². The van der Waals surface area contributed by atoms with Crippen LogP contribution in [0.25, 0.3) is 0 Å². The Kier molecular flexibility index (Phi) is 7.47. The summed E-state index contributed by atoms with van der Waals surface area (Å²) in [6.07, 6.45) is -4.65. The minimum atomic E-state index is -4.65. The third-order valence-electron chi connectivity index (χ3n) is 7.40. The van der Waals surface area contributed by atoms with Crippen LogP contribution in [0.1, 0.15) is 59.3 Å². The van der Waals surface area contributed by atoms with Gasteiger partial charge in [-0.2, -0.15) is 13.2 Å². The van der Waals surface area contributed by atoms with E-state index in [1.165, 1.54) is 36.9 Å². The summed E-state index contributed by atoms with van der Waals surface area (Å²) in [5.74, 6) is -1.70. The third kappa shape index (κ3) is 5.82. The maximum Gasteiger partial charge on any atom is 0.416 e. The van der Waals surface area contributed by atoms with Crippen LogP contribution in [0.5, 0.6) is 5.75 Å². The standard InChI is InChI=1S/C31H31ClF4N2O2/c1-17-7-10-23(11-8-17)38(6)28(40)24-16-22(9-12-25(24)39)37-18(2)26-27(30(26,5)32)19-13-20(29(3,4)33)15-21(14-19)31(34,35)36/h7-16,26-27,37,39H,2H2,1,3-6H3. The summed E-state index contributed by atoms with van der Waals surface area (Å²) in [6.45, 7) is 10.1. The average molecular weight is 575 g/mol. The molecule has 0 radical (unpaired) electrons. The van der Waals surface area contributed by atoms with Crippen LogP contribution >= 0.6 is 11.6 Å². The van der Waals surface area contributed by atoms with Gasteiger partial charge in [0, 0.05) is 36.0 Å². The summed E-state index contributed by atoms with van der Waals surface area (Å²) in [5.41, 5.74) is -0.163. The summed E-state index contributed by atoms with van der Waals surface area (Å²) >= 11 is 6.75. The predicted octanol–water partition coefficient (Wildman–Crippen LogP) is 8.54. The molecule has 0 bridgehead atoms. The van der Waals surface area contributed by atoms with Gasteiger partial charge in [0.25, 0.3) is 5.91 Å². The number of aryl methyl sites for hydroxylation is 1. The van der Waals surface area contributed by atoms with Crippen LogP contribution in [0.15, 0.2) is 72.9 Å². The van der Waals surface area contributed by atoms with Crippen molar-refractivity contribution in [2.45, 2.75) is 50.3 Å². The number of halogens is 5. The smallest absolute Gasteiger partial charge is 0.416 e. The lowest BCUT2D eigenvalue weighted by molar-refractivity contribution is -0.137. The second kappa shape index (κ2) is 10.1. The van der Waals surface area contributed by atoms with Crippen LogP contribution in [0, 0.1) is 12.8 Å². The Morgan fingerprint density at radius 1 is 1.02 bits per heavy atom. The van der Waals surface area contributed by atoms with E-state index in [0.717, 1.165) is 17.7 Å². The van der Waals surface area contributed by atoms with Crippen LogP contribution in [0.2, 0.25) is 0 Å². The molecular formula is C31H31ClF4N2O2. The molecule has 2 N–H and O–H groups in total. The number of nitrogens with zero attached hydrogens (tertiary/aromatic N) is 1. The Morgan fingerprint density at radius 3 is 2.20 bits per heavy atom. The predicted molar refractivity (Wildman–Crippen MR) is 151 cm³/mol. The second-order valence-electron chi connectivity index (χ2n) is 11.0. The van der Waals surface area contributed by atoms with Crippen LogP contribution in [-0.2, 0) is 11.8 Å². The quantitative estimate of drug-likeness (QED) is 0.169. The van der Waals surface area contributed by atoms with Crippen molar-refractivity contribution in [3.8, 4) is 5.75 Å². The molecule has 0 saturated heterocycles. The zero-order valence-electron chi connectivity index (χ0n) is 22.8. The average Bonchev–Trinajstić information content (AvgIpc) is 3.45. The van der Waals surface area contributed by atoms with E-state index in [-0.39, 0.29) is 22.4 Å². The zero-order valence-corrected chi connectivity index (χ0v) is 23.6. The molecule has 3 aromatic rings. The molecule has 1 amide bonds. The number of allylic oxidation sites excluding steroid dienone is 1. The Balaban J connectivity index is 1.59. The number of alkyl halides is 5. The van der Waals surface area contributed by atoms with Crippen molar-refractivity contribution in [1.29, 1.82) is 0 Å². The van der Waals surface area contributed by atoms with Gasteiger partial charge in [-0.15, -0.1) is 11.6 Å². The monoisotopic (exact) mass is 574 g/mol. The first-order valence-corrected chi connectivity index (χ1v) is 13.0.